The molecule has 174 valence electrons. The molecule has 11 nitrogen and oxygen atoms in total. The smallest absolute Gasteiger partial charge is 0.282 e. The zero-order valence-corrected chi connectivity index (χ0v) is 18.3. The summed E-state index contributed by atoms with van der Waals surface area (Å²) in [5.41, 5.74) is 0.693. The van der Waals surface area contributed by atoms with Crippen molar-refractivity contribution in [3.05, 3.63) is 46.0 Å². The number of anilines is 1. The van der Waals surface area contributed by atoms with Crippen LogP contribution in [0.15, 0.2) is 35.4 Å². The number of carbonyl (C=O) groups excluding carboxylic acids is 1. The SMILES string of the molecule is COc1ccc(NC(=O)C2CCCCN2/N=C/c2cc3c(cc2[N+](=O)[O-])OCO3)cc1OC. The molecule has 1 N–H and O–H groups in total. The van der Waals surface area contributed by atoms with Crippen LogP contribution in [0.4, 0.5) is 11.4 Å². The quantitative estimate of drug-likeness (QED) is 0.383. The van der Waals surface area contributed by atoms with E-state index in [1.54, 1.807) is 30.3 Å². The topological polar surface area (TPSA) is 125 Å². The van der Waals surface area contributed by atoms with Gasteiger partial charge in [-0.2, -0.15) is 5.10 Å². The van der Waals surface area contributed by atoms with Crippen LogP contribution >= 0.6 is 0 Å². The normalized spacial score (nSPS) is 17.2. The van der Waals surface area contributed by atoms with Gasteiger partial charge < -0.3 is 24.3 Å². The molecule has 2 aliphatic rings. The summed E-state index contributed by atoms with van der Waals surface area (Å²) in [6.45, 7) is 0.566. The van der Waals surface area contributed by atoms with Crippen LogP contribution in [0.5, 0.6) is 23.0 Å². The molecule has 0 radical (unpaired) electrons. The molecule has 0 saturated carbocycles. The summed E-state index contributed by atoms with van der Waals surface area (Å²) in [5.74, 6) is 1.58. The molecule has 2 aromatic carbocycles. The molecule has 0 spiro atoms. The van der Waals surface area contributed by atoms with Crippen molar-refractivity contribution in [3.63, 3.8) is 0 Å². The summed E-state index contributed by atoms with van der Waals surface area (Å²) in [7, 11) is 3.06. The first-order chi connectivity index (χ1) is 16.0. The van der Waals surface area contributed by atoms with Gasteiger partial charge in [-0.1, -0.05) is 0 Å². The predicted octanol–water partition coefficient (Wildman–Crippen LogP) is 3.17. The number of methoxy groups -OCH3 is 2. The molecular weight excluding hydrogens is 432 g/mol. The monoisotopic (exact) mass is 456 g/mol. The fraction of sp³-hybridized carbons (Fsp3) is 0.364. The number of fused-ring (bicyclic) bond motifs is 1. The van der Waals surface area contributed by atoms with Crippen molar-refractivity contribution >= 4 is 23.5 Å². The van der Waals surface area contributed by atoms with Crippen LogP contribution in [0.25, 0.3) is 0 Å². The Morgan fingerprint density at radius 2 is 1.94 bits per heavy atom. The van der Waals surface area contributed by atoms with Gasteiger partial charge in [-0.15, -0.1) is 0 Å². The number of nitrogens with zero attached hydrogens (tertiary/aromatic N) is 3. The average Bonchev–Trinajstić information content (AvgIpc) is 3.29. The molecule has 1 atom stereocenters. The summed E-state index contributed by atoms with van der Waals surface area (Å²) in [6.07, 6.45) is 3.74. The standard InChI is InChI=1S/C22H24N4O7/c1-30-18-7-6-15(10-19(18)31-2)24-22(27)16-5-3-4-8-25(16)23-12-14-9-20-21(33-13-32-20)11-17(14)26(28)29/h6-7,9-12,16H,3-5,8,13H2,1-2H3,(H,24,27)/b23-12+. The summed E-state index contributed by atoms with van der Waals surface area (Å²) < 4.78 is 21.1. The van der Waals surface area contributed by atoms with Gasteiger partial charge in [0, 0.05) is 18.3 Å². The van der Waals surface area contributed by atoms with Gasteiger partial charge >= 0.3 is 0 Å². The summed E-state index contributed by atoms with van der Waals surface area (Å²) >= 11 is 0. The minimum atomic E-state index is -0.517. The van der Waals surface area contributed by atoms with Gasteiger partial charge in [0.05, 0.1) is 37.0 Å². The van der Waals surface area contributed by atoms with E-state index in [4.69, 9.17) is 18.9 Å². The lowest BCUT2D eigenvalue weighted by atomic mass is 10.0. The number of amides is 1. The molecule has 11 heteroatoms. The number of piperidine rings is 1. The number of rotatable bonds is 7. The van der Waals surface area contributed by atoms with E-state index in [0.29, 0.717) is 41.7 Å². The molecule has 1 saturated heterocycles. The minimum Gasteiger partial charge on any atom is -0.493 e. The molecule has 1 amide bonds. The fourth-order valence-corrected chi connectivity index (χ4v) is 3.81. The van der Waals surface area contributed by atoms with E-state index in [9.17, 15) is 14.9 Å². The van der Waals surface area contributed by atoms with Crippen LogP contribution in [-0.2, 0) is 4.79 Å². The number of hydrogen-bond acceptors (Lipinski definition) is 9. The molecule has 0 bridgehead atoms. The second-order valence-electron chi connectivity index (χ2n) is 7.50. The number of nitrogens with one attached hydrogen (secondary N) is 1. The molecule has 2 aliphatic heterocycles. The van der Waals surface area contributed by atoms with Crippen LogP contribution in [0.2, 0.25) is 0 Å². The molecule has 1 fully saturated rings. The Kier molecular flexibility index (Phi) is 6.48. The number of nitro benzene ring substituents is 1. The highest BCUT2D eigenvalue weighted by atomic mass is 16.7. The molecule has 0 aliphatic carbocycles. The molecule has 4 rings (SSSR count). The summed E-state index contributed by atoms with van der Waals surface area (Å²) in [5, 5.41) is 20.5. The maximum atomic E-state index is 13.0. The van der Waals surface area contributed by atoms with Crippen LogP contribution in [-0.4, -0.2) is 55.7 Å². The molecule has 0 aromatic heterocycles. The van der Waals surface area contributed by atoms with Crippen molar-refractivity contribution in [3.8, 4) is 23.0 Å². The number of benzene rings is 2. The molecule has 2 heterocycles. The summed E-state index contributed by atoms with van der Waals surface area (Å²) in [6, 6.07) is 7.45. The van der Waals surface area contributed by atoms with Gasteiger partial charge in [-0.25, -0.2) is 0 Å². The Balaban J connectivity index is 1.53. The van der Waals surface area contributed by atoms with Gasteiger partial charge in [0.2, 0.25) is 12.7 Å². The third-order valence-corrected chi connectivity index (χ3v) is 5.49. The second kappa shape index (κ2) is 9.63. The zero-order valence-electron chi connectivity index (χ0n) is 18.3. The van der Waals surface area contributed by atoms with Crippen LogP contribution in [0.3, 0.4) is 0 Å². The van der Waals surface area contributed by atoms with Gasteiger partial charge in [-0.3, -0.25) is 19.9 Å². The fourth-order valence-electron chi connectivity index (χ4n) is 3.81. The Hall–Kier alpha value is -4.02. The number of nitro groups is 1. The van der Waals surface area contributed by atoms with E-state index < -0.39 is 11.0 Å². The maximum Gasteiger partial charge on any atom is 0.282 e. The highest BCUT2D eigenvalue weighted by Crippen LogP contribution is 2.37. The Labute approximate surface area is 190 Å². The van der Waals surface area contributed by atoms with E-state index in [1.807, 2.05) is 0 Å². The lowest BCUT2D eigenvalue weighted by molar-refractivity contribution is -0.385. The van der Waals surface area contributed by atoms with Crippen LogP contribution in [0.1, 0.15) is 24.8 Å². The van der Waals surface area contributed by atoms with Crippen molar-refractivity contribution in [2.45, 2.75) is 25.3 Å². The summed E-state index contributed by atoms with van der Waals surface area (Å²) in [4.78, 5) is 24.0. The minimum absolute atomic E-state index is 0.0115. The van der Waals surface area contributed by atoms with Crippen LogP contribution in [0, 0.1) is 10.1 Å². The van der Waals surface area contributed by atoms with Crippen molar-refractivity contribution < 1.29 is 28.7 Å². The molecular formula is C22H24N4O7. The first kappa shape index (κ1) is 22.2. The molecule has 1 unspecified atom stereocenters. The van der Waals surface area contributed by atoms with Gasteiger partial charge in [-0.05, 0) is 37.5 Å². The van der Waals surface area contributed by atoms with Crippen molar-refractivity contribution in [1.29, 1.82) is 0 Å². The Morgan fingerprint density at radius 1 is 1.18 bits per heavy atom. The predicted molar refractivity (Wildman–Crippen MR) is 119 cm³/mol. The first-order valence-corrected chi connectivity index (χ1v) is 10.4. The number of hydrogen-bond donors (Lipinski definition) is 1. The van der Waals surface area contributed by atoms with E-state index in [-0.39, 0.29) is 24.0 Å². The van der Waals surface area contributed by atoms with Gasteiger partial charge in [0.25, 0.3) is 5.69 Å². The van der Waals surface area contributed by atoms with Crippen molar-refractivity contribution in [2.24, 2.45) is 5.10 Å². The zero-order chi connectivity index (χ0) is 23.4. The number of carbonyl (C=O) groups is 1. The van der Waals surface area contributed by atoms with Gasteiger partial charge in [0.1, 0.15) is 6.04 Å². The van der Waals surface area contributed by atoms with E-state index in [2.05, 4.69) is 10.4 Å². The third kappa shape index (κ3) is 4.76. The Bertz CT molecular complexity index is 1090. The average molecular weight is 456 g/mol. The largest absolute Gasteiger partial charge is 0.493 e. The van der Waals surface area contributed by atoms with Crippen molar-refractivity contribution in [2.75, 3.05) is 32.9 Å². The van der Waals surface area contributed by atoms with Crippen molar-refractivity contribution in [1.82, 2.24) is 5.01 Å². The van der Waals surface area contributed by atoms with E-state index >= 15 is 0 Å². The highest BCUT2D eigenvalue weighted by Gasteiger charge is 2.29. The number of ether oxygens (including phenoxy) is 4. The second-order valence-corrected chi connectivity index (χ2v) is 7.50. The van der Waals surface area contributed by atoms with E-state index in [1.165, 1.54) is 25.5 Å². The highest BCUT2D eigenvalue weighted by molar-refractivity contribution is 5.95. The lowest BCUT2D eigenvalue weighted by Crippen LogP contribution is -2.44. The third-order valence-electron chi connectivity index (χ3n) is 5.49. The van der Waals surface area contributed by atoms with Crippen LogP contribution < -0.4 is 24.3 Å². The number of hydrazone groups is 1. The molecule has 2 aromatic rings. The Morgan fingerprint density at radius 3 is 2.67 bits per heavy atom. The maximum absolute atomic E-state index is 13.0. The first-order valence-electron chi connectivity index (χ1n) is 10.4. The van der Waals surface area contributed by atoms with E-state index in [0.717, 1.165) is 12.8 Å². The molecule has 33 heavy (non-hydrogen) atoms. The lowest BCUT2D eigenvalue weighted by Gasteiger charge is -2.32. The van der Waals surface area contributed by atoms with Gasteiger partial charge in [0.15, 0.2) is 23.0 Å².